The van der Waals surface area contributed by atoms with Gasteiger partial charge < -0.3 is 10.3 Å². The number of fused-ring (bicyclic) bond motifs is 1. The molecule has 0 aliphatic carbocycles. The highest BCUT2D eigenvalue weighted by atomic mass is 16.6. The average Bonchev–Trinajstić information content (AvgIpc) is 2.58. The summed E-state index contributed by atoms with van der Waals surface area (Å²) in [6, 6.07) is 0.0745. The second kappa shape index (κ2) is 3.44. The minimum atomic E-state index is -0.471. The van der Waals surface area contributed by atoms with E-state index >= 15 is 0 Å². The van der Waals surface area contributed by atoms with Gasteiger partial charge in [-0.15, -0.1) is 0 Å². The van der Waals surface area contributed by atoms with Gasteiger partial charge in [-0.25, -0.2) is 9.97 Å². The Morgan fingerprint density at radius 2 is 2.19 bits per heavy atom. The van der Waals surface area contributed by atoms with Crippen molar-refractivity contribution < 1.29 is 4.92 Å². The van der Waals surface area contributed by atoms with Crippen LogP contribution in [-0.4, -0.2) is 19.5 Å². The fourth-order valence-corrected chi connectivity index (χ4v) is 1.62. The van der Waals surface area contributed by atoms with Gasteiger partial charge in [-0.2, -0.15) is 0 Å². The smallest absolute Gasteiger partial charge is 0.300 e. The van der Waals surface area contributed by atoms with Gasteiger partial charge in [-0.1, -0.05) is 0 Å². The predicted molar refractivity (Wildman–Crippen MR) is 59.0 cm³/mol. The molecule has 0 unspecified atom stereocenters. The molecule has 0 radical (unpaired) electrons. The molecule has 7 heteroatoms. The van der Waals surface area contributed by atoms with Crippen LogP contribution in [0.1, 0.15) is 19.9 Å². The first kappa shape index (κ1) is 10.3. The lowest BCUT2D eigenvalue weighted by molar-refractivity contribution is -0.383. The Hall–Kier alpha value is -2.18. The van der Waals surface area contributed by atoms with E-state index in [1.807, 2.05) is 13.8 Å². The van der Waals surface area contributed by atoms with Crippen LogP contribution in [0.3, 0.4) is 0 Å². The molecule has 2 heterocycles. The minimum Gasteiger partial charge on any atom is -0.383 e. The van der Waals surface area contributed by atoms with Crippen molar-refractivity contribution in [3.63, 3.8) is 0 Å². The summed E-state index contributed by atoms with van der Waals surface area (Å²) in [6.45, 7) is 3.84. The lowest BCUT2D eigenvalue weighted by Gasteiger charge is -2.06. The Balaban J connectivity index is 2.87. The van der Waals surface area contributed by atoms with Crippen molar-refractivity contribution in [2.75, 3.05) is 5.73 Å². The number of hydrogen-bond donors (Lipinski definition) is 1. The maximum Gasteiger partial charge on any atom is 0.300 e. The molecule has 0 aliphatic rings. The van der Waals surface area contributed by atoms with Crippen LogP contribution in [0.2, 0.25) is 0 Å². The maximum absolute atomic E-state index is 10.9. The number of anilines is 1. The van der Waals surface area contributed by atoms with Gasteiger partial charge in [0.1, 0.15) is 17.5 Å². The first-order valence-electron chi connectivity index (χ1n) is 4.77. The normalized spacial score (nSPS) is 11.2. The number of rotatable bonds is 2. The van der Waals surface area contributed by atoms with Gasteiger partial charge in [0.2, 0.25) is 0 Å². The van der Waals surface area contributed by atoms with E-state index in [-0.39, 0.29) is 17.5 Å². The van der Waals surface area contributed by atoms with Crippen molar-refractivity contribution in [1.29, 1.82) is 0 Å². The number of aromatic nitrogens is 3. The first-order valence-corrected chi connectivity index (χ1v) is 4.77. The summed E-state index contributed by atoms with van der Waals surface area (Å²) in [5.41, 5.74) is 6.08. The molecule has 84 valence electrons. The Labute approximate surface area is 91.1 Å². The van der Waals surface area contributed by atoms with Crippen LogP contribution in [0, 0.1) is 10.1 Å². The van der Waals surface area contributed by atoms with E-state index in [1.165, 1.54) is 12.5 Å². The zero-order valence-electron chi connectivity index (χ0n) is 8.91. The lowest BCUT2D eigenvalue weighted by atomic mass is 10.3. The number of nitrogen functional groups attached to an aromatic ring is 1. The molecule has 2 N–H and O–H groups in total. The fourth-order valence-electron chi connectivity index (χ4n) is 1.62. The molecule has 2 rings (SSSR count). The molecule has 0 saturated heterocycles. The average molecular weight is 221 g/mol. The Kier molecular flexibility index (Phi) is 2.22. The number of nitro groups is 1. The van der Waals surface area contributed by atoms with Gasteiger partial charge in [-0.3, -0.25) is 10.1 Å². The number of nitrogens with two attached hydrogens (primary N) is 1. The minimum absolute atomic E-state index is 0.0539. The van der Waals surface area contributed by atoms with Crippen LogP contribution in [0.15, 0.2) is 12.5 Å². The summed E-state index contributed by atoms with van der Waals surface area (Å²) in [7, 11) is 0. The molecule has 0 atom stereocenters. The van der Waals surface area contributed by atoms with Crippen LogP contribution in [0.4, 0.5) is 11.5 Å². The van der Waals surface area contributed by atoms with Crippen molar-refractivity contribution in [1.82, 2.24) is 14.5 Å². The molecule has 7 nitrogen and oxygen atoms in total. The Morgan fingerprint density at radius 1 is 1.50 bits per heavy atom. The van der Waals surface area contributed by atoms with E-state index in [4.69, 9.17) is 5.73 Å². The van der Waals surface area contributed by atoms with Gasteiger partial charge in [-0.05, 0) is 13.8 Å². The maximum atomic E-state index is 10.9. The Morgan fingerprint density at radius 3 is 2.75 bits per heavy atom. The van der Waals surface area contributed by atoms with Crippen molar-refractivity contribution in [2.45, 2.75) is 19.9 Å². The van der Waals surface area contributed by atoms with Crippen LogP contribution in [0.5, 0.6) is 0 Å². The molecular weight excluding hydrogens is 210 g/mol. The summed E-state index contributed by atoms with van der Waals surface area (Å²) in [6.07, 6.45) is 2.75. The third kappa shape index (κ3) is 1.37. The molecule has 0 fully saturated rings. The monoisotopic (exact) mass is 221 g/mol. The topological polar surface area (TPSA) is 99.9 Å². The quantitative estimate of drug-likeness (QED) is 0.611. The molecule has 0 aromatic carbocycles. The SMILES string of the molecule is CC(C)n1cc([N+](=O)[O-])c2c(N)ncnc21. The molecular formula is C9H11N5O2. The van der Waals surface area contributed by atoms with Crippen LogP contribution in [-0.2, 0) is 0 Å². The molecule has 2 aromatic rings. The van der Waals surface area contributed by atoms with Crippen molar-refractivity contribution in [3.8, 4) is 0 Å². The summed E-state index contributed by atoms with van der Waals surface area (Å²) in [5, 5.41) is 11.2. The van der Waals surface area contributed by atoms with Gasteiger partial charge >= 0.3 is 0 Å². The van der Waals surface area contributed by atoms with Crippen molar-refractivity contribution in [3.05, 3.63) is 22.6 Å². The summed E-state index contributed by atoms with van der Waals surface area (Å²) >= 11 is 0. The van der Waals surface area contributed by atoms with Crippen LogP contribution in [0.25, 0.3) is 11.0 Å². The molecule has 0 amide bonds. The molecule has 0 aliphatic heterocycles. The molecule has 0 bridgehead atoms. The van der Waals surface area contributed by atoms with Crippen molar-refractivity contribution >= 4 is 22.5 Å². The second-order valence-electron chi connectivity index (χ2n) is 3.73. The first-order chi connectivity index (χ1) is 7.52. The summed E-state index contributed by atoms with van der Waals surface area (Å²) in [4.78, 5) is 18.2. The largest absolute Gasteiger partial charge is 0.383 e. The highest BCUT2D eigenvalue weighted by Crippen LogP contribution is 2.31. The Bertz CT molecular complexity index is 560. The van der Waals surface area contributed by atoms with E-state index in [0.29, 0.717) is 11.0 Å². The third-order valence-electron chi connectivity index (χ3n) is 2.37. The lowest BCUT2D eigenvalue weighted by Crippen LogP contribution is -2.00. The van der Waals surface area contributed by atoms with E-state index < -0.39 is 4.92 Å². The zero-order valence-corrected chi connectivity index (χ0v) is 8.91. The van der Waals surface area contributed by atoms with Gasteiger partial charge in [0.05, 0.1) is 11.1 Å². The standard InChI is InChI=1S/C9H11N5O2/c1-5(2)13-3-6(14(15)16)7-8(10)11-4-12-9(7)13/h3-5H,1-2H3,(H2,10,11,12). The predicted octanol–water partition coefficient (Wildman–Crippen LogP) is 1.50. The van der Waals surface area contributed by atoms with Gasteiger partial charge in [0, 0.05) is 6.04 Å². The summed E-state index contributed by atoms with van der Waals surface area (Å²) in [5.74, 6) is 0.135. The van der Waals surface area contributed by atoms with E-state index in [9.17, 15) is 10.1 Å². The van der Waals surface area contributed by atoms with E-state index in [2.05, 4.69) is 9.97 Å². The van der Waals surface area contributed by atoms with E-state index in [1.54, 1.807) is 4.57 Å². The van der Waals surface area contributed by atoms with Crippen LogP contribution < -0.4 is 5.73 Å². The second-order valence-corrected chi connectivity index (χ2v) is 3.73. The highest BCUT2D eigenvalue weighted by Gasteiger charge is 2.22. The third-order valence-corrected chi connectivity index (χ3v) is 2.37. The molecule has 16 heavy (non-hydrogen) atoms. The van der Waals surface area contributed by atoms with Crippen molar-refractivity contribution in [2.24, 2.45) is 0 Å². The number of nitrogens with zero attached hydrogens (tertiary/aromatic N) is 4. The number of hydrogen-bond acceptors (Lipinski definition) is 5. The van der Waals surface area contributed by atoms with Gasteiger partial charge in [0.25, 0.3) is 5.69 Å². The van der Waals surface area contributed by atoms with E-state index in [0.717, 1.165) is 0 Å². The van der Waals surface area contributed by atoms with Crippen LogP contribution >= 0.6 is 0 Å². The zero-order chi connectivity index (χ0) is 11.9. The molecule has 0 saturated carbocycles. The molecule has 2 aromatic heterocycles. The summed E-state index contributed by atoms with van der Waals surface area (Å²) < 4.78 is 1.71. The fraction of sp³-hybridized carbons (Fsp3) is 0.333. The van der Waals surface area contributed by atoms with Gasteiger partial charge in [0.15, 0.2) is 5.65 Å². The highest BCUT2D eigenvalue weighted by molar-refractivity contribution is 5.95. The molecule has 0 spiro atoms.